The number of ether oxygens (including phenoxy) is 1. The molecule has 146 valence electrons. The highest BCUT2D eigenvalue weighted by Crippen LogP contribution is 2.25. The topological polar surface area (TPSA) is 75.7 Å². The van der Waals surface area contributed by atoms with Gasteiger partial charge in [0, 0.05) is 11.6 Å². The lowest BCUT2D eigenvalue weighted by Gasteiger charge is -2.30. The molecule has 6 nitrogen and oxygen atoms in total. The lowest BCUT2D eigenvalue weighted by Crippen LogP contribution is -2.49. The first-order valence-corrected chi connectivity index (χ1v) is 10.6. The Hall–Kier alpha value is -2.25. The van der Waals surface area contributed by atoms with Crippen molar-refractivity contribution in [1.29, 1.82) is 0 Å². The lowest BCUT2D eigenvalue weighted by molar-refractivity contribution is -0.122. The Labute approximate surface area is 165 Å². The Bertz CT molecular complexity index is 885. The van der Waals surface area contributed by atoms with E-state index in [1.807, 2.05) is 12.1 Å². The van der Waals surface area contributed by atoms with Crippen molar-refractivity contribution in [2.45, 2.75) is 25.9 Å². The molecular weight excluding hydrogens is 388 g/mol. The maximum Gasteiger partial charge on any atom is 0.244 e. The molecule has 0 aromatic heterocycles. The standard InChI is InChI=1S/C19H23ClN2O4S/c1-4-18(19(23)21-13-14-8-10-17(26-2)11-9-14)22(27(3,24)25)16-7-5-6-15(20)12-16/h5-12,18H,4,13H2,1-3H3,(H,21,23)/t18-/m1/s1. The maximum atomic E-state index is 12.7. The Morgan fingerprint density at radius 1 is 1.22 bits per heavy atom. The van der Waals surface area contributed by atoms with Crippen molar-refractivity contribution in [2.75, 3.05) is 17.7 Å². The summed E-state index contributed by atoms with van der Waals surface area (Å²) >= 11 is 6.00. The first-order chi connectivity index (χ1) is 12.8. The summed E-state index contributed by atoms with van der Waals surface area (Å²) in [6.45, 7) is 2.05. The zero-order valence-corrected chi connectivity index (χ0v) is 17.0. The Morgan fingerprint density at radius 2 is 1.89 bits per heavy atom. The van der Waals surface area contributed by atoms with Crippen LogP contribution in [-0.4, -0.2) is 33.7 Å². The molecule has 1 atom stereocenters. The molecule has 2 aromatic rings. The van der Waals surface area contributed by atoms with Gasteiger partial charge in [-0.1, -0.05) is 36.7 Å². The van der Waals surface area contributed by atoms with E-state index >= 15 is 0 Å². The van der Waals surface area contributed by atoms with Gasteiger partial charge in [-0.25, -0.2) is 8.42 Å². The quantitative estimate of drug-likeness (QED) is 0.725. The maximum absolute atomic E-state index is 12.7. The average molecular weight is 411 g/mol. The summed E-state index contributed by atoms with van der Waals surface area (Å²) in [5.41, 5.74) is 1.24. The molecule has 0 aliphatic carbocycles. The summed E-state index contributed by atoms with van der Waals surface area (Å²) in [5.74, 6) is 0.347. The van der Waals surface area contributed by atoms with Crippen molar-refractivity contribution in [1.82, 2.24) is 5.32 Å². The second-order valence-electron chi connectivity index (χ2n) is 6.03. The summed E-state index contributed by atoms with van der Waals surface area (Å²) in [7, 11) is -2.10. The highest BCUT2D eigenvalue weighted by atomic mass is 35.5. The zero-order valence-electron chi connectivity index (χ0n) is 15.5. The lowest BCUT2D eigenvalue weighted by atomic mass is 10.1. The van der Waals surface area contributed by atoms with Gasteiger partial charge in [-0.2, -0.15) is 0 Å². The Morgan fingerprint density at radius 3 is 2.41 bits per heavy atom. The van der Waals surface area contributed by atoms with Crippen LogP contribution < -0.4 is 14.4 Å². The van der Waals surface area contributed by atoms with E-state index in [1.165, 1.54) is 6.07 Å². The number of hydrogen-bond acceptors (Lipinski definition) is 4. The number of carbonyl (C=O) groups is 1. The predicted octanol–water partition coefficient (Wildman–Crippen LogP) is 3.21. The zero-order chi connectivity index (χ0) is 20.0. The smallest absolute Gasteiger partial charge is 0.244 e. The number of anilines is 1. The molecule has 0 aliphatic heterocycles. The van der Waals surface area contributed by atoms with Gasteiger partial charge in [0.2, 0.25) is 15.9 Å². The van der Waals surface area contributed by atoms with Gasteiger partial charge in [-0.05, 0) is 42.3 Å². The van der Waals surface area contributed by atoms with Gasteiger partial charge in [-0.3, -0.25) is 9.10 Å². The van der Waals surface area contributed by atoms with Crippen LogP contribution in [0.3, 0.4) is 0 Å². The van der Waals surface area contributed by atoms with Crippen molar-refractivity contribution < 1.29 is 17.9 Å². The van der Waals surface area contributed by atoms with E-state index in [4.69, 9.17) is 16.3 Å². The predicted molar refractivity (Wildman–Crippen MR) is 108 cm³/mol. The minimum Gasteiger partial charge on any atom is -0.497 e. The van der Waals surface area contributed by atoms with Gasteiger partial charge in [0.25, 0.3) is 0 Å². The van der Waals surface area contributed by atoms with Crippen LogP contribution in [0, 0.1) is 0 Å². The number of benzene rings is 2. The van der Waals surface area contributed by atoms with E-state index in [-0.39, 0.29) is 12.5 Å². The van der Waals surface area contributed by atoms with E-state index in [2.05, 4.69) is 5.32 Å². The fourth-order valence-corrected chi connectivity index (χ4v) is 4.11. The SMILES string of the molecule is CC[C@H](C(=O)NCc1ccc(OC)cc1)N(c1cccc(Cl)c1)S(C)(=O)=O. The molecule has 0 fully saturated rings. The third-order valence-electron chi connectivity index (χ3n) is 4.02. The van der Waals surface area contributed by atoms with Crippen LogP contribution in [-0.2, 0) is 21.4 Å². The molecule has 27 heavy (non-hydrogen) atoms. The van der Waals surface area contributed by atoms with Gasteiger partial charge in [0.15, 0.2) is 0 Å². The molecule has 0 aliphatic rings. The third-order valence-corrected chi connectivity index (χ3v) is 5.43. The summed E-state index contributed by atoms with van der Waals surface area (Å²) in [5, 5.41) is 3.20. The van der Waals surface area contributed by atoms with Gasteiger partial charge in [-0.15, -0.1) is 0 Å². The average Bonchev–Trinajstić information content (AvgIpc) is 2.63. The Kier molecular flexibility index (Phi) is 7.10. The molecule has 0 bridgehead atoms. The fourth-order valence-electron chi connectivity index (χ4n) is 2.72. The monoisotopic (exact) mass is 410 g/mol. The number of amides is 1. The molecule has 0 unspecified atom stereocenters. The summed E-state index contributed by atoms with van der Waals surface area (Å²) in [4.78, 5) is 12.7. The van der Waals surface area contributed by atoms with Crippen LogP contribution in [0.4, 0.5) is 5.69 Å². The number of carbonyl (C=O) groups excluding carboxylic acids is 1. The molecule has 8 heteroatoms. The molecule has 0 heterocycles. The van der Waals surface area contributed by atoms with Crippen LogP contribution in [0.15, 0.2) is 48.5 Å². The molecule has 1 N–H and O–H groups in total. The largest absolute Gasteiger partial charge is 0.497 e. The summed E-state index contributed by atoms with van der Waals surface area (Å²) < 4.78 is 31.0. The number of methoxy groups -OCH3 is 1. The summed E-state index contributed by atoms with van der Waals surface area (Å²) in [6.07, 6.45) is 1.39. The highest BCUT2D eigenvalue weighted by Gasteiger charge is 2.31. The molecule has 2 rings (SSSR count). The van der Waals surface area contributed by atoms with Crippen molar-refractivity contribution >= 4 is 33.2 Å². The van der Waals surface area contributed by atoms with Crippen LogP contribution in [0.25, 0.3) is 0 Å². The van der Waals surface area contributed by atoms with Crippen LogP contribution in [0.2, 0.25) is 5.02 Å². The van der Waals surface area contributed by atoms with Gasteiger partial charge >= 0.3 is 0 Å². The molecule has 2 aromatic carbocycles. The third kappa shape index (κ3) is 5.61. The van der Waals surface area contributed by atoms with Crippen LogP contribution in [0.5, 0.6) is 5.75 Å². The van der Waals surface area contributed by atoms with Crippen molar-refractivity contribution in [3.8, 4) is 5.75 Å². The number of nitrogens with zero attached hydrogens (tertiary/aromatic N) is 1. The van der Waals surface area contributed by atoms with E-state index in [0.29, 0.717) is 17.1 Å². The second-order valence-corrected chi connectivity index (χ2v) is 8.32. The number of sulfonamides is 1. The Balaban J connectivity index is 2.21. The molecule has 1 amide bonds. The molecule has 0 saturated carbocycles. The second kappa shape index (κ2) is 9.10. The normalized spacial score (nSPS) is 12.3. The van der Waals surface area contributed by atoms with Gasteiger partial charge in [0.05, 0.1) is 19.1 Å². The minimum atomic E-state index is -3.69. The fraction of sp³-hybridized carbons (Fsp3) is 0.316. The number of nitrogens with one attached hydrogen (secondary N) is 1. The number of hydrogen-bond donors (Lipinski definition) is 1. The van der Waals surface area contributed by atoms with Crippen molar-refractivity contribution in [3.05, 3.63) is 59.1 Å². The molecule has 0 saturated heterocycles. The highest BCUT2D eigenvalue weighted by molar-refractivity contribution is 7.92. The van der Waals surface area contributed by atoms with E-state index < -0.39 is 16.1 Å². The number of halogens is 1. The van der Waals surface area contributed by atoms with E-state index in [0.717, 1.165) is 21.9 Å². The van der Waals surface area contributed by atoms with E-state index in [1.54, 1.807) is 44.4 Å². The van der Waals surface area contributed by atoms with Crippen molar-refractivity contribution in [3.63, 3.8) is 0 Å². The summed E-state index contributed by atoms with van der Waals surface area (Å²) in [6, 6.07) is 12.8. The van der Waals surface area contributed by atoms with Crippen molar-refractivity contribution in [2.24, 2.45) is 0 Å². The first kappa shape index (κ1) is 21.1. The molecule has 0 radical (unpaired) electrons. The van der Waals surface area contributed by atoms with Crippen LogP contribution >= 0.6 is 11.6 Å². The first-order valence-electron chi connectivity index (χ1n) is 8.42. The minimum absolute atomic E-state index is 0.284. The van der Waals surface area contributed by atoms with Gasteiger partial charge < -0.3 is 10.1 Å². The van der Waals surface area contributed by atoms with Gasteiger partial charge in [0.1, 0.15) is 11.8 Å². The molecule has 0 spiro atoms. The number of rotatable bonds is 8. The molecular formula is C19H23ClN2O4S. The van der Waals surface area contributed by atoms with E-state index in [9.17, 15) is 13.2 Å². The van der Waals surface area contributed by atoms with Crippen LogP contribution in [0.1, 0.15) is 18.9 Å².